The first kappa shape index (κ1) is 18.0. The number of unbranched alkanes of at least 4 members (excludes halogenated alkanes) is 1. The van der Waals surface area contributed by atoms with Gasteiger partial charge in [0.2, 0.25) is 5.91 Å². The maximum Gasteiger partial charge on any atom is 0.220 e. The lowest BCUT2D eigenvalue weighted by Crippen LogP contribution is -2.44. The quantitative estimate of drug-likeness (QED) is 0.570. The van der Waals surface area contributed by atoms with Gasteiger partial charge in [0.1, 0.15) is 0 Å². The number of H-pyrrole nitrogens is 1. The highest BCUT2D eigenvalue weighted by Crippen LogP contribution is 2.39. The van der Waals surface area contributed by atoms with Crippen LogP contribution in [0.5, 0.6) is 0 Å². The summed E-state index contributed by atoms with van der Waals surface area (Å²) in [7, 11) is 4.03. The standard InChI is InChI=1S/C17H28N4OS2/c1-13-12-16(20-19-13)21-9-6-14(7-10-21)18-17(22)5-3-2-4-15-8-11-23-24-15/h12,14-15H,2-11H2,1H3,(H,18,22)(H,19,20). The molecule has 2 fully saturated rings. The van der Waals surface area contributed by atoms with Crippen LogP contribution >= 0.6 is 21.6 Å². The molecule has 0 aromatic carbocycles. The summed E-state index contributed by atoms with van der Waals surface area (Å²) < 4.78 is 0. The fourth-order valence-electron chi connectivity index (χ4n) is 3.34. The Morgan fingerprint density at radius 3 is 2.88 bits per heavy atom. The summed E-state index contributed by atoms with van der Waals surface area (Å²) in [6, 6.07) is 2.41. The SMILES string of the molecule is Cc1cc(N2CCC(NC(=O)CCCCC3CCSS3)CC2)n[nH]1. The number of carbonyl (C=O) groups excluding carboxylic acids is 1. The predicted molar refractivity (Wildman–Crippen MR) is 104 cm³/mol. The van der Waals surface area contributed by atoms with Crippen molar-refractivity contribution in [2.75, 3.05) is 23.7 Å². The molecular formula is C17H28N4OS2. The van der Waals surface area contributed by atoms with Crippen molar-refractivity contribution >= 4 is 33.3 Å². The lowest BCUT2D eigenvalue weighted by atomic mass is 10.0. The number of amides is 1. The van der Waals surface area contributed by atoms with E-state index in [9.17, 15) is 4.79 Å². The number of aromatic amines is 1. The highest BCUT2D eigenvalue weighted by Gasteiger charge is 2.22. The Bertz CT molecular complexity index is 522. The minimum atomic E-state index is 0.234. The molecule has 1 unspecified atom stereocenters. The Morgan fingerprint density at radius 1 is 1.38 bits per heavy atom. The maximum atomic E-state index is 12.1. The normalized spacial score (nSPS) is 22.0. The molecule has 2 N–H and O–H groups in total. The molecule has 0 radical (unpaired) electrons. The fraction of sp³-hybridized carbons (Fsp3) is 0.765. The molecule has 1 amide bonds. The monoisotopic (exact) mass is 368 g/mol. The van der Waals surface area contributed by atoms with Gasteiger partial charge in [-0.15, -0.1) is 0 Å². The van der Waals surface area contributed by atoms with Crippen LogP contribution in [-0.4, -0.2) is 46.2 Å². The number of anilines is 1. The summed E-state index contributed by atoms with van der Waals surface area (Å²) in [5, 5.41) is 11.4. The van der Waals surface area contributed by atoms with E-state index in [1.165, 1.54) is 25.0 Å². The van der Waals surface area contributed by atoms with Gasteiger partial charge < -0.3 is 10.2 Å². The topological polar surface area (TPSA) is 61.0 Å². The second-order valence-corrected chi connectivity index (χ2v) is 9.60. The number of hydrogen-bond donors (Lipinski definition) is 2. The first-order valence-electron chi connectivity index (χ1n) is 9.05. The zero-order chi connectivity index (χ0) is 16.8. The Hall–Kier alpha value is -0.820. The van der Waals surface area contributed by atoms with Crippen molar-refractivity contribution in [1.29, 1.82) is 0 Å². The van der Waals surface area contributed by atoms with E-state index < -0.39 is 0 Å². The zero-order valence-electron chi connectivity index (χ0n) is 14.4. The Balaban J connectivity index is 1.28. The van der Waals surface area contributed by atoms with Crippen LogP contribution in [0.3, 0.4) is 0 Å². The lowest BCUT2D eigenvalue weighted by molar-refractivity contribution is -0.122. The van der Waals surface area contributed by atoms with Crippen molar-refractivity contribution in [3.8, 4) is 0 Å². The van der Waals surface area contributed by atoms with E-state index >= 15 is 0 Å². The van der Waals surface area contributed by atoms with Crippen LogP contribution in [0.15, 0.2) is 6.07 Å². The van der Waals surface area contributed by atoms with Crippen molar-refractivity contribution in [3.63, 3.8) is 0 Å². The van der Waals surface area contributed by atoms with E-state index in [2.05, 4.69) is 26.5 Å². The molecule has 5 nitrogen and oxygen atoms in total. The third-order valence-electron chi connectivity index (χ3n) is 4.78. The third-order valence-corrected chi connectivity index (χ3v) is 7.79. The molecule has 2 aliphatic rings. The number of nitrogens with one attached hydrogen (secondary N) is 2. The van der Waals surface area contributed by atoms with Crippen LogP contribution in [0.25, 0.3) is 0 Å². The minimum absolute atomic E-state index is 0.234. The fourth-order valence-corrected chi connectivity index (χ4v) is 6.37. The largest absolute Gasteiger partial charge is 0.355 e. The van der Waals surface area contributed by atoms with E-state index in [-0.39, 0.29) is 5.91 Å². The van der Waals surface area contributed by atoms with E-state index in [0.29, 0.717) is 12.5 Å². The van der Waals surface area contributed by atoms with Crippen molar-refractivity contribution in [1.82, 2.24) is 15.5 Å². The molecule has 7 heteroatoms. The van der Waals surface area contributed by atoms with Crippen molar-refractivity contribution in [2.24, 2.45) is 0 Å². The Kier molecular flexibility index (Phi) is 6.77. The Morgan fingerprint density at radius 2 is 2.21 bits per heavy atom. The van der Waals surface area contributed by atoms with E-state index in [4.69, 9.17) is 0 Å². The summed E-state index contributed by atoms with van der Waals surface area (Å²) in [6.45, 7) is 3.95. The molecule has 1 aromatic rings. The van der Waals surface area contributed by atoms with Gasteiger partial charge in [0.05, 0.1) is 0 Å². The first-order valence-corrected chi connectivity index (χ1v) is 11.4. The molecule has 1 atom stereocenters. The number of carbonyl (C=O) groups is 1. The average Bonchev–Trinajstić information content (AvgIpc) is 3.24. The van der Waals surface area contributed by atoms with Gasteiger partial charge in [-0.3, -0.25) is 9.89 Å². The van der Waals surface area contributed by atoms with Gasteiger partial charge >= 0.3 is 0 Å². The summed E-state index contributed by atoms with van der Waals surface area (Å²) >= 11 is 0. The Labute approximate surface area is 152 Å². The molecule has 134 valence electrons. The van der Waals surface area contributed by atoms with E-state index in [1.807, 2.05) is 28.5 Å². The number of piperidine rings is 1. The lowest BCUT2D eigenvalue weighted by Gasteiger charge is -2.32. The average molecular weight is 369 g/mol. The van der Waals surface area contributed by atoms with Gasteiger partial charge in [0, 0.05) is 48.3 Å². The molecule has 2 saturated heterocycles. The zero-order valence-corrected chi connectivity index (χ0v) is 16.1. The maximum absolute atomic E-state index is 12.1. The van der Waals surface area contributed by atoms with Gasteiger partial charge in [0.25, 0.3) is 0 Å². The molecule has 1 aromatic heterocycles. The molecule has 3 rings (SSSR count). The molecule has 0 saturated carbocycles. The molecule has 0 spiro atoms. The van der Waals surface area contributed by atoms with Crippen LogP contribution in [0.4, 0.5) is 5.82 Å². The smallest absolute Gasteiger partial charge is 0.220 e. The number of rotatable bonds is 7. The van der Waals surface area contributed by atoms with Gasteiger partial charge in [-0.2, -0.15) is 5.10 Å². The number of hydrogen-bond acceptors (Lipinski definition) is 5. The first-order chi connectivity index (χ1) is 11.7. The van der Waals surface area contributed by atoms with Gasteiger partial charge in [-0.1, -0.05) is 28.0 Å². The molecule has 24 heavy (non-hydrogen) atoms. The third kappa shape index (κ3) is 5.34. The van der Waals surface area contributed by atoms with Gasteiger partial charge in [-0.25, -0.2) is 0 Å². The molecule has 3 heterocycles. The minimum Gasteiger partial charge on any atom is -0.355 e. The highest BCUT2D eigenvalue weighted by molar-refractivity contribution is 8.77. The van der Waals surface area contributed by atoms with Crippen LogP contribution in [0.1, 0.15) is 50.6 Å². The summed E-state index contributed by atoms with van der Waals surface area (Å²) in [5.74, 6) is 2.56. The number of aryl methyl sites for hydroxylation is 1. The molecule has 0 bridgehead atoms. The van der Waals surface area contributed by atoms with E-state index in [0.717, 1.165) is 49.1 Å². The van der Waals surface area contributed by atoms with Gasteiger partial charge in [0.15, 0.2) is 5.82 Å². The van der Waals surface area contributed by atoms with E-state index in [1.54, 1.807) is 0 Å². The van der Waals surface area contributed by atoms with Crippen molar-refractivity contribution in [3.05, 3.63) is 11.8 Å². The number of nitrogens with zero attached hydrogens (tertiary/aromatic N) is 2. The van der Waals surface area contributed by atoms with Crippen molar-refractivity contribution in [2.45, 2.75) is 63.2 Å². The van der Waals surface area contributed by atoms with Crippen LogP contribution in [0.2, 0.25) is 0 Å². The predicted octanol–water partition coefficient (Wildman–Crippen LogP) is 3.52. The van der Waals surface area contributed by atoms with Crippen LogP contribution in [0, 0.1) is 6.92 Å². The van der Waals surface area contributed by atoms with Crippen molar-refractivity contribution < 1.29 is 4.79 Å². The van der Waals surface area contributed by atoms with Gasteiger partial charge in [-0.05, 0) is 39.0 Å². The summed E-state index contributed by atoms with van der Waals surface area (Å²) in [4.78, 5) is 14.4. The van der Waals surface area contributed by atoms with Crippen LogP contribution < -0.4 is 10.2 Å². The molecule has 2 aliphatic heterocycles. The second-order valence-electron chi connectivity index (χ2n) is 6.81. The van der Waals surface area contributed by atoms with Crippen LogP contribution in [-0.2, 0) is 4.79 Å². The molecular weight excluding hydrogens is 340 g/mol. The second kappa shape index (κ2) is 9.04. The summed E-state index contributed by atoms with van der Waals surface area (Å²) in [5.41, 5.74) is 1.09. The number of aromatic nitrogens is 2. The summed E-state index contributed by atoms with van der Waals surface area (Å²) in [6.07, 6.45) is 7.52. The highest BCUT2D eigenvalue weighted by atomic mass is 33.1. The molecule has 0 aliphatic carbocycles.